The molecule has 1 amide bonds. The van der Waals surface area contributed by atoms with E-state index in [1.165, 1.54) is 6.07 Å². The summed E-state index contributed by atoms with van der Waals surface area (Å²) in [5, 5.41) is 7.72. The van der Waals surface area contributed by atoms with Crippen LogP contribution in [-0.4, -0.2) is 14.3 Å². The van der Waals surface area contributed by atoms with Crippen LogP contribution >= 0.6 is 0 Å². The Hall–Kier alpha value is -1.66. The standard InChI is InChI=1S/C14H20N2O3S/c1-5-10(4)11-6-7-12(16-14(17)9(2)3)13(8-11)20(15,18)19/h6-8,10H,2,5H2,1,3-4H3,(H,16,17)(H2,15,18,19). The van der Waals surface area contributed by atoms with Gasteiger partial charge in [0.2, 0.25) is 10.0 Å². The van der Waals surface area contributed by atoms with Crippen molar-refractivity contribution in [3.63, 3.8) is 0 Å². The summed E-state index contributed by atoms with van der Waals surface area (Å²) in [5.41, 5.74) is 1.33. The molecule has 1 unspecified atom stereocenters. The van der Waals surface area contributed by atoms with Crippen LogP contribution in [0.1, 0.15) is 38.7 Å². The van der Waals surface area contributed by atoms with E-state index in [0.717, 1.165) is 12.0 Å². The first-order valence-electron chi connectivity index (χ1n) is 6.30. The Labute approximate surface area is 119 Å². The van der Waals surface area contributed by atoms with Crippen molar-refractivity contribution in [3.8, 4) is 0 Å². The van der Waals surface area contributed by atoms with Crippen LogP contribution in [0.4, 0.5) is 5.69 Å². The Kier molecular flexibility index (Phi) is 5.08. The van der Waals surface area contributed by atoms with Crippen LogP contribution in [0.5, 0.6) is 0 Å². The number of nitrogens with one attached hydrogen (secondary N) is 1. The average molecular weight is 296 g/mol. The molecule has 0 saturated carbocycles. The lowest BCUT2D eigenvalue weighted by Crippen LogP contribution is -2.19. The van der Waals surface area contributed by atoms with Crippen LogP contribution in [0.3, 0.4) is 0 Å². The highest BCUT2D eigenvalue weighted by Gasteiger charge is 2.18. The van der Waals surface area contributed by atoms with Crippen molar-refractivity contribution in [2.45, 2.75) is 38.0 Å². The zero-order chi connectivity index (χ0) is 15.5. The van der Waals surface area contributed by atoms with Gasteiger partial charge >= 0.3 is 0 Å². The number of rotatable bonds is 5. The summed E-state index contributed by atoms with van der Waals surface area (Å²) in [7, 11) is -3.91. The van der Waals surface area contributed by atoms with E-state index in [1.807, 2.05) is 13.8 Å². The molecule has 0 heterocycles. The average Bonchev–Trinajstić information content (AvgIpc) is 2.36. The number of benzene rings is 1. The number of carbonyl (C=O) groups excluding carboxylic acids is 1. The molecule has 1 aromatic rings. The summed E-state index contributed by atoms with van der Waals surface area (Å²) in [6, 6.07) is 4.86. The van der Waals surface area contributed by atoms with Crippen LogP contribution in [0.15, 0.2) is 35.2 Å². The van der Waals surface area contributed by atoms with Gasteiger partial charge in [-0.1, -0.05) is 26.5 Å². The Morgan fingerprint density at radius 1 is 1.45 bits per heavy atom. The van der Waals surface area contributed by atoms with Crippen molar-refractivity contribution in [3.05, 3.63) is 35.9 Å². The smallest absolute Gasteiger partial charge is 0.250 e. The van der Waals surface area contributed by atoms with E-state index in [9.17, 15) is 13.2 Å². The minimum Gasteiger partial charge on any atom is -0.321 e. The predicted molar refractivity (Wildman–Crippen MR) is 80.0 cm³/mol. The minimum absolute atomic E-state index is 0.0788. The Morgan fingerprint density at radius 3 is 2.50 bits per heavy atom. The number of hydrogen-bond donors (Lipinski definition) is 2. The van der Waals surface area contributed by atoms with Gasteiger partial charge in [0.05, 0.1) is 5.69 Å². The molecular formula is C14H20N2O3S. The van der Waals surface area contributed by atoms with Gasteiger partial charge in [-0.05, 0) is 37.0 Å². The summed E-state index contributed by atoms with van der Waals surface area (Å²) < 4.78 is 23.3. The zero-order valence-electron chi connectivity index (χ0n) is 11.9. The largest absolute Gasteiger partial charge is 0.321 e. The van der Waals surface area contributed by atoms with Crippen molar-refractivity contribution >= 4 is 21.6 Å². The molecule has 0 fully saturated rings. The van der Waals surface area contributed by atoms with Crippen LogP contribution < -0.4 is 10.5 Å². The molecule has 0 saturated heterocycles. The second kappa shape index (κ2) is 6.19. The van der Waals surface area contributed by atoms with Gasteiger partial charge in [0.1, 0.15) is 4.90 Å². The molecule has 0 aliphatic heterocycles. The summed E-state index contributed by atoms with van der Waals surface area (Å²) in [6.45, 7) is 9.06. The SMILES string of the molecule is C=C(C)C(=O)Nc1ccc(C(C)CC)cc1S(N)(=O)=O. The van der Waals surface area contributed by atoms with Gasteiger partial charge < -0.3 is 5.32 Å². The maximum atomic E-state index is 11.7. The lowest BCUT2D eigenvalue weighted by atomic mass is 9.98. The molecule has 0 spiro atoms. The van der Waals surface area contributed by atoms with Gasteiger partial charge in [-0.15, -0.1) is 0 Å². The molecule has 0 aliphatic carbocycles. The highest BCUT2D eigenvalue weighted by molar-refractivity contribution is 7.89. The predicted octanol–water partition coefficient (Wildman–Crippen LogP) is 2.36. The van der Waals surface area contributed by atoms with E-state index in [1.54, 1.807) is 19.1 Å². The molecule has 1 aromatic carbocycles. The molecule has 20 heavy (non-hydrogen) atoms. The molecule has 110 valence electrons. The lowest BCUT2D eigenvalue weighted by molar-refractivity contribution is -0.112. The first kappa shape index (κ1) is 16.4. The van der Waals surface area contributed by atoms with Gasteiger partial charge in [-0.2, -0.15) is 0 Å². The zero-order valence-corrected chi connectivity index (χ0v) is 12.8. The van der Waals surface area contributed by atoms with Gasteiger partial charge in [0, 0.05) is 5.57 Å². The number of amides is 1. The lowest BCUT2D eigenvalue weighted by Gasteiger charge is -2.14. The summed E-state index contributed by atoms with van der Waals surface area (Å²) >= 11 is 0. The number of anilines is 1. The Balaban J connectivity index is 3.32. The molecule has 0 bridgehead atoms. The monoisotopic (exact) mass is 296 g/mol. The third-order valence-electron chi connectivity index (χ3n) is 3.13. The molecule has 1 atom stereocenters. The third-order valence-corrected chi connectivity index (χ3v) is 4.08. The molecule has 3 N–H and O–H groups in total. The Bertz CT molecular complexity index is 636. The molecule has 6 heteroatoms. The fourth-order valence-electron chi connectivity index (χ4n) is 1.65. The maximum absolute atomic E-state index is 11.7. The van der Waals surface area contributed by atoms with Gasteiger partial charge in [0.15, 0.2) is 0 Å². The van der Waals surface area contributed by atoms with Crippen LogP contribution in [0.25, 0.3) is 0 Å². The maximum Gasteiger partial charge on any atom is 0.250 e. The van der Waals surface area contributed by atoms with E-state index < -0.39 is 15.9 Å². The highest BCUT2D eigenvalue weighted by Crippen LogP contribution is 2.27. The normalized spacial score (nSPS) is 12.8. The molecule has 0 aromatic heterocycles. The number of nitrogens with two attached hydrogens (primary N) is 1. The third kappa shape index (κ3) is 3.91. The molecule has 1 rings (SSSR count). The summed E-state index contributed by atoms with van der Waals surface area (Å²) in [5.74, 6) is -0.229. The quantitative estimate of drug-likeness (QED) is 0.817. The number of sulfonamides is 1. The fourth-order valence-corrected chi connectivity index (χ4v) is 2.37. The topological polar surface area (TPSA) is 89.3 Å². The summed E-state index contributed by atoms with van der Waals surface area (Å²) in [4.78, 5) is 11.5. The van der Waals surface area contributed by atoms with E-state index in [4.69, 9.17) is 5.14 Å². The van der Waals surface area contributed by atoms with E-state index in [-0.39, 0.29) is 22.1 Å². The van der Waals surface area contributed by atoms with Crippen molar-refractivity contribution in [1.82, 2.24) is 0 Å². The minimum atomic E-state index is -3.91. The molecule has 0 aliphatic rings. The van der Waals surface area contributed by atoms with E-state index >= 15 is 0 Å². The fraction of sp³-hybridized carbons (Fsp3) is 0.357. The van der Waals surface area contributed by atoms with Gasteiger partial charge in [-0.3, -0.25) is 4.79 Å². The van der Waals surface area contributed by atoms with Crippen LogP contribution in [0, 0.1) is 0 Å². The number of carbonyl (C=O) groups is 1. The first-order chi connectivity index (χ1) is 9.16. The summed E-state index contributed by atoms with van der Waals surface area (Å²) in [6.07, 6.45) is 0.877. The van der Waals surface area contributed by atoms with Crippen molar-refractivity contribution in [1.29, 1.82) is 0 Å². The second-order valence-electron chi connectivity index (χ2n) is 4.84. The van der Waals surface area contributed by atoms with Crippen molar-refractivity contribution in [2.75, 3.05) is 5.32 Å². The van der Waals surface area contributed by atoms with E-state index in [2.05, 4.69) is 11.9 Å². The second-order valence-corrected chi connectivity index (χ2v) is 6.37. The first-order valence-corrected chi connectivity index (χ1v) is 7.85. The number of hydrogen-bond acceptors (Lipinski definition) is 3. The Morgan fingerprint density at radius 2 is 2.05 bits per heavy atom. The van der Waals surface area contributed by atoms with Gasteiger partial charge in [-0.25, -0.2) is 13.6 Å². The van der Waals surface area contributed by atoms with Crippen molar-refractivity contribution < 1.29 is 13.2 Å². The van der Waals surface area contributed by atoms with Crippen molar-refractivity contribution in [2.24, 2.45) is 5.14 Å². The van der Waals surface area contributed by atoms with Crippen LogP contribution in [-0.2, 0) is 14.8 Å². The molecule has 0 radical (unpaired) electrons. The van der Waals surface area contributed by atoms with E-state index in [0.29, 0.717) is 0 Å². The molecular weight excluding hydrogens is 276 g/mol. The highest BCUT2D eigenvalue weighted by atomic mass is 32.2. The van der Waals surface area contributed by atoms with Gasteiger partial charge in [0.25, 0.3) is 5.91 Å². The molecule has 5 nitrogen and oxygen atoms in total. The number of primary sulfonamides is 1. The van der Waals surface area contributed by atoms with Crippen LogP contribution in [0.2, 0.25) is 0 Å².